The Balaban J connectivity index is 1.96. The molecule has 0 saturated carbocycles. The van der Waals surface area contributed by atoms with E-state index in [1.807, 2.05) is 19.1 Å². The minimum absolute atomic E-state index is 0.140. The van der Waals surface area contributed by atoms with Gasteiger partial charge in [0.15, 0.2) is 0 Å². The van der Waals surface area contributed by atoms with Gasteiger partial charge in [0.2, 0.25) is 0 Å². The second kappa shape index (κ2) is 5.90. The van der Waals surface area contributed by atoms with Gasteiger partial charge in [-0.3, -0.25) is 4.90 Å². The summed E-state index contributed by atoms with van der Waals surface area (Å²) in [5, 5.41) is 9.90. The van der Waals surface area contributed by atoms with E-state index in [-0.39, 0.29) is 12.6 Å². The summed E-state index contributed by atoms with van der Waals surface area (Å²) >= 11 is 12.1. The summed E-state index contributed by atoms with van der Waals surface area (Å²) in [7, 11) is 0. The molecule has 1 aromatic rings. The highest BCUT2D eigenvalue weighted by molar-refractivity contribution is 6.35. The Morgan fingerprint density at radius 2 is 2.15 bits per heavy atom. The quantitative estimate of drug-likeness (QED) is 0.905. The minimum Gasteiger partial charge on any atom is -0.480 e. The topological polar surface area (TPSA) is 49.8 Å². The van der Waals surface area contributed by atoms with Crippen LogP contribution in [0.4, 0.5) is 0 Å². The van der Waals surface area contributed by atoms with Crippen LogP contribution in [-0.2, 0) is 9.53 Å². The summed E-state index contributed by atoms with van der Waals surface area (Å²) in [6.45, 7) is 5.08. The van der Waals surface area contributed by atoms with Gasteiger partial charge in [0.1, 0.15) is 6.61 Å². The van der Waals surface area contributed by atoms with Crippen LogP contribution in [0.3, 0.4) is 0 Å². The molecule has 1 heterocycles. The Kier molecular flexibility index (Phi) is 4.59. The lowest BCUT2D eigenvalue weighted by molar-refractivity contribution is -0.169. The van der Waals surface area contributed by atoms with Crippen molar-refractivity contribution in [1.82, 2.24) is 4.90 Å². The third-order valence-corrected chi connectivity index (χ3v) is 4.14. The monoisotopic (exact) mass is 317 g/mol. The van der Waals surface area contributed by atoms with E-state index >= 15 is 0 Å². The number of aliphatic carboxylic acids is 1. The average Bonchev–Trinajstić information content (AvgIpc) is 2.32. The Morgan fingerprint density at radius 3 is 2.70 bits per heavy atom. The van der Waals surface area contributed by atoms with Gasteiger partial charge in [0, 0.05) is 29.2 Å². The van der Waals surface area contributed by atoms with E-state index in [1.165, 1.54) is 0 Å². The Labute approximate surface area is 128 Å². The number of hydrogen-bond donors (Lipinski definition) is 1. The molecule has 1 aromatic carbocycles. The lowest BCUT2D eigenvalue weighted by atomic mass is 9.92. The molecule has 1 aliphatic heterocycles. The van der Waals surface area contributed by atoms with E-state index in [9.17, 15) is 4.79 Å². The number of halogens is 2. The van der Waals surface area contributed by atoms with Crippen molar-refractivity contribution in [3.63, 3.8) is 0 Å². The maximum atomic E-state index is 10.5. The molecule has 0 spiro atoms. The molecule has 1 unspecified atom stereocenters. The molecule has 6 heteroatoms. The third-order valence-electron chi connectivity index (χ3n) is 3.58. The molecule has 0 aliphatic carbocycles. The van der Waals surface area contributed by atoms with Gasteiger partial charge in [-0.15, -0.1) is 0 Å². The molecular weight excluding hydrogens is 301 g/mol. The molecular formula is C14H17Cl2NO3. The smallest absolute Gasteiger partial charge is 0.329 e. The highest BCUT2D eigenvalue weighted by atomic mass is 35.5. The zero-order valence-corrected chi connectivity index (χ0v) is 12.9. The van der Waals surface area contributed by atoms with Crippen molar-refractivity contribution in [2.75, 3.05) is 19.7 Å². The van der Waals surface area contributed by atoms with Crippen molar-refractivity contribution in [3.05, 3.63) is 33.8 Å². The van der Waals surface area contributed by atoms with Crippen LogP contribution in [-0.4, -0.2) is 41.3 Å². The summed E-state index contributed by atoms with van der Waals surface area (Å²) in [5.41, 5.74) is 0.613. The van der Waals surface area contributed by atoms with Crippen LogP contribution in [0.15, 0.2) is 18.2 Å². The van der Waals surface area contributed by atoms with Crippen LogP contribution < -0.4 is 0 Å². The summed E-state index contributed by atoms with van der Waals surface area (Å²) < 4.78 is 5.40. The summed E-state index contributed by atoms with van der Waals surface area (Å²) in [4.78, 5) is 12.7. The van der Waals surface area contributed by atoms with E-state index in [4.69, 9.17) is 33.0 Å². The molecule has 4 nitrogen and oxygen atoms in total. The van der Waals surface area contributed by atoms with Gasteiger partial charge in [-0.1, -0.05) is 29.3 Å². The van der Waals surface area contributed by atoms with Gasteiger partial charge in [-0.05, 0) is 31.5 Å². The van der Waals surface area contributed by atoms with Gasteiger partial charge >= 0.3 is 5.97 Å². The second-order valence-electron chi connectivity index (χ2n) is 5.38. The fourth-order valence-corrected chi connectivity index (χ4v) is 3.02. The first-order chi connectivity index (χ1) is 9.31. The number of nitrogens with zero attached hydrogens (tertiary/aromatic N) is 1. The van der Waals surface area contributed by atoms with E-state index in [1.54, 1.807) is 6.07 Å². The van der Waals surface area contributed by atoms with E-state index in [0.717, 1.165) is 5.56 Å². The van der Waals surface area contributed by atoms with Gasteiger partial charge in [0.25, 0.3) is 0 Å². The maximum Gasteiger partial charge on any atom is 0.329 e. The van der Waals surface area contributed by atoms with Crippen LogP contribution >= 0.6 is 23.2 Å². The summed E-state index contributed by atoms with van der Waals surface area (Å²) in [6.07, 6.45) is 0. The number of benzene rings is 1. The van der Waals surface area contributed by atoms with E-state index in [2.05, 4.69) is 11.8 Å². The van der Waals surface area contributed by atoms with Crippen molar-refractivity contribution in [2.45, 2.75) is 25.5 Å². The lowest BCUT2D eigenvalue weighted by Crippen LogP contribution is -2.62. The molecule has 2 rings (SSSR count). The first-order valence-electron chi connectivity index (χ1n) is 6.35. The van der Waals surface area contributed by atoms with Crippen LogP contribution in [0.5, 0.6) is 0 Å². The zero-order valence-electron chi connectivity index (χ0n) is 11.4. The molecule has 0 aromatic heterocycles. The Morgan fingerprint density at radius 1 is 1.50 bits per heavy atom. The number of carboxylic acids is 1. The first-order valence-corrected chi connectivity index (χ1v) is 7.11. The molecule has 1 N–H and O–H groups in total. The highest BCUT2D eigenvalue weighted by Crippen LogP contribution is 2.36. The molecule has 0 bridgehead atoms. The fourth-order valence-electron chi connectivity index (χ4n) is 2.45. The van der Waals surface area contributed by atoms with Crippen molar-refractivity contribution in [3.8, 4) is 0 Å². The van der Waals surface area contributed by atoms with Gasteiger partial charge in [-0.2, -0.15) is 0 Å². The average molecular weight is 318 g/mol. The second-order valence-corrected chi connectivity index (χ2v) is 6.22. The number of ether oxygens (including phenoxy) is 1. The first kappa shape index (κ1) is 15.6. The Bertz CT molecular complexity index is 515. The van der Waals surface area contributed by atoms with Crippen molar-refractivity contribution >= 4 is 29.2 Å². The molecule has 110 valence electrons. The van der Waals surface area contributed by atoms with Crippen molar-refractivity contribution in [2.24, 2.45) is 0 Å². The lowest BCUT2D eigenvalue weighted by Gasteiger charge is -2.50. The van der Waals surface area contributed by atoms with Gasteiger partial charge in [0.05, 0.1) is 5.60 Å². The predicted molar refractivity (Wildman–Crippen MR) is 78.4 cm³/mol. The van der Waals surface area contributed by atoms with Crippen molar-refractivity contribution < 1.29 is 14.6 Å². The highest BCUT2D eigenvalue weighted by Gasteiger charge is 2.42. The number of rotatable bonds is 5. The van der Waals surface area contributed by atoms with E-state index < -0.39 is 11.6 Å². The SMILES string of the molecule is CC(c1ccc(Cl)cc1Cl)N1CC(C)(OCC(=O)O)C1. The number of likely N-dealkylation sites (tertiary alicyclic amines) is 1. The van der Waals surface area contributed by atoms with Crippen LogP contribution in [0, 0.1) is 0 Å². The van der Waals surface area contributed by atoms with E-state index in [0.29, 0.717) is 23.1 Å². The van der Waals surface area contributed by atoms with Crippen LogP contribution in [0.1, 0.15) is 25.5 Å². The summed E-state index contributed by atoms with van der Waals surface area (Å²) in [5.74, 6) is -0.946. The van der Waals surface area contributed by atoms with Crippen LogP contribution in [0.2, 0.25) is 10.0 Å². The predicted octanol–water partition coefficient (Wildman–Crippen LogP) is 3.23. The number of hydrogen-bond acceptors (Lipinski definition) is 3. The largest absolute Gasteiger partial charge is 0.480 e. The maximum absolute atomic E-state index is 10.5. The van der Waals surface area contributed by atoms with Crippen LogP contribution in [0.25, 0.3) is 0 Å². The third kappa shape index (κ3) is 3.44. The molecule has 1 fully saturated rings. The van der Waals surface area contributed by atoms with Gasteiger partial charge < -0.3 is 9.84 Å². The number of carboxylic acid groups (broad SMARTS) is 1. The Hall–Kier alpha value is -0.810. The summed E-state index contributed by atoms with van der Waals surface area (Å²) in [6, 6.07) is 5.61. The molecule has 0 amide bonds. The fraction of sp³-hybridized carbons (Fsp3) is 0.500. The standard InChI is InChI=1S/C14H17Cl2NO3/c1-9(11-4-3-10(15)5-12(11)16)17-7-14(2,8-17)20-6-13(18)19/h3-5,9H,6-8H2,1-2H3,(H,18,19). The molecule has 1 saturated heterocycles. The molecule has 1 aliphatic rings. The molecule has 20 heavy (non-hydrogen) atoms. The molecule has 0 radical (unpaired) electrons. The van der Waals surface area contributed by atoms with Crippen molar-refractivity contribution in [1.29, 1.82) is 0 Å². The molecule has 1 atom stereocenters. The minimum atomic E-state index is -0.946. The number of carbonyl (C=O) groups is 1. The normalized spacial score (nSPS) is 19.4. The van der Waals surface area contributed by atoms with Gasteiger partial charge in [-0.25, -0.2) is 4.79 Å². The zero-order chi connectivity index (χ0) is 14.9.